The molecular weight excluding hydrogens is 324 g/mol. The van der Waals surface area contributed by atoms with Gasteiger partial charge in [0.05, 0.1) is 10.6 Å². The van der Waals surface area contributed by atoms with Crippen LogP contribution >= 0.6 is 11.6 Å². The quantitative estimate of drug-likeness (QED) is 0.772. The molecule has 0 atom stereocenters. The first kappa shape index (κ1) is 18.0. The number of benzene rings is 2. The fourth-order valence-corrected chi connectivity index (χ4v) is 2.56. The molecule has 0 unspecified atom stereocenters. The van der Waals surface area contributed by atoms with Crippen molar-refractivity contribution in [1.82, 2.24) is 0 Å². The van der Waals surface area contributed by atoms with Gasteiger partial charge in [0.15, 0.2) is 0 Å². The monoisotopic (exact) mass is 344 g/mol. The molecule has 2 amide bonds. The summed E-state index contributed by atoms with van der Waals surface area (Å²) in [5.41, 5.74) is 2.67. The Morgan fingerprint density at radius 2 is 1.75 bits per heavy atom. The summed E-state index contributed by atoms with van der Waals surface area (Å²) in [6.45, 7) is 3.96. The predicted octanol–water partition coefficient (Wildman–Crippen LogP) is 5.03. The second kappa shape index (κ2) is 8.50. The van der Waals surface area contributed by atoms with E-state index in [0.717, 1.165) is 18.4 Å². The van der Waals surface area contributed by atoms with Crippen molar-refractivity contribution in [3.8, 4) is 0 Å². The highest BCUT2D eigenvalue weighted by Gasteiger charge is 2.11. The minimum absolute atomic E-state index is 0.0260. The lowest BCUT2D eigenvalue weighted by Gasteiger charge is -2.10. The van der Waals surface area contributed by atoms with Crippen molar-refractivity contribution in [2.45, 2.75) is 33.1 Å². The highest BCUT2D eigenvalue weighted by molar-refractivity contribution is 6.34. The van der Waals surface area contributed by atoms with E-state index >= 15 is 0 Å². The molecule has 0 bridgehead atoms. The summed E-state index contributed by atoms with van der Waals surface area (Å²) in [4.78, 5) is 24.1. The van der Waals surface area contributed by atoms with Crippen LogP contribution in [0.5, 0.6) is 0 Å². The largest absolute Gasteiger partial charge is 0.326 e. The third kappa shape index (κ3) is 5.10. The highest BCUT2D eigenvalue weighted by Crippen LogP contribution is 2.21. The van der Waals surface area contributed by atoms with Gasteiger partial charge in [-0.15, -0.1) is 0 Å². The van der Waals surface area contributed by atoms with E-state index in [1.807, 2.05) is 19.9 Å². The minimum Gasteiger partial charge on any atom is -0.326 e. The number of carbonyl (C=O) groups is 2. The van der Waals surface area contributed by atoms with E-state index in [0.29, 0.717) is 28.4 Å². The Morgan fingerprint density at radius 3 is 2.42 bits per heavy atom. The van der Waals surface area contributed by atoms with Crippen LogP contribution in [0.15, 0.2) is 42.5 Å². The topological polar surface area (TPSA) is 58.2 Å². The first-order chi connectivity index (χ1) is 11.5. The molecule has 0 radical (unpaired) electrons. The van der Waals surface area contributed by atoms with Crippen molar-refractivity contribution in [1.29, 1.82) is 0 Å². The number of hydrogen-bond acceptors (Lipinski definition) is 2. The Morgan fingerprint density at radius 1 is 1.04 bits per heavy atom. The smallest absolute Gasteiger partial charge is 0.257 e. The van der Waals surface area contributed by atoms with Crippen LogP contribution in [-0.4, -0.2) is 11.8 Å². The number of rotatable bonds is 6. The highest BCUT2D eigenvalue weighted by atomic mass is 35.5. The van der Waals surface area contributed by atoms with Gasteiger partial charge in [0.1, 0.15) is 0 Å². The molecule has 5 heteroatoms. The SMILES string of the molecule is CCCCC(=O)Nc1cccc(NC(=O)c2ccc(C)cc2Cl)c1. The van der Waals surface area contributed by atoms with Gasteiger partial charge in [-0.3, -0.25) is 9.59 Å². The van der Waals surface area contributed by atoms with Crippen molar-refractivity contribution in [3.63, 3.8) is 0 Å². The summed E-state index contributed by atoms with van der Waals surface area (Å²) < 4.78 is 0. The van der Waals surface area contributed by atoms with E-state index in [4.69, 9.17) is 11.6 Å². The van der Waals surface area contributed by atoms with Crippen LogP contribution in [0.25, 0.3) is 0 Å². The van der Waals surface area contributed by atoms with E-state index in [1.165, 1.54) is 0 Å². The third-order valence-electron chi connectivity index (χ3n) is 3.53. The summed E-state index contributed by atoms with van der Waals surface area (Å²) in [7, 11) is 0. The molecule has 0 aromatic heterocycles. The number of carbonyl (C=O) groups excluding carboxylic acids is 2. The maximum Gasteiger partial charge on any atom is 0.257 e. The Bertz CT molecular complexity index is 744. The zero-order valence-electron chi connectivity index (χ0n) is 13.9. The van der Waals surface area contributed by atoms with Gasteiger partial charge in [-0.2, -0.15) is 0 Å². The molecule has 0 fully saturated rings. The summed E-state index contributed by atoms with van der Waals surface area (Å²) in [5, 5.41) is 6.05. The molecule has 0 heterocycles. The fraction of sp³-hybridized carbons (Fsp3) is 0.263. The van der Waals surface area contributed by atoms with Crippen molar-refractivity contribution in [2.75, 3.05) is 10.6 Å². The van der Waals surface area contributed by atoms with Crippen LogP contribution in [0.4, 0.5) is 11.4 Å². The fourth-order valence-electron chi connectivity index (χ4n) is 2.24. The molecule has 0 aliphatic heterocycles. The Balaban J connectivity index is 2.06. The Labute approximate surface area is 147 Å². The number of amides is 2. The molecule has 2 aromatic rings. The lowest BCUT2D eigenvalue weighted by atomic mass is 10.1. The normalized spacial score (nSPS) is 10.3. The minimum atomic E-state index is -0.283. The maximum atomic E-state index is 12.3. The van der Waals surface area contributed by atoms with Gasteiger partial charge in [-0.1, -0.05) is 37.1 Å². The number of hydrogen-bond donors (Lipinski definition) is 2. The standard InChI is InChI=1S/C19H21ClN2O2/c1-3-4-8-18(23)21-14-6-5-7-15(12-14)22-19(24)16-10-9-13(2)11-17(16)20/h5-7,9-12H,3-4,8H2,1-2H3,(H,21,23)(H,22,24). The second-order valence-electron chi connectivity index (χ2n) is 5.67. The van der Waals surface area contributed by atoms with Gasteiger partial charge in [0.2, 0.25) is 5.91 Å². The number of nitrogens with one attached hydrogen (secondary N) is 2. The zero-order chi connectivity index (χ0) is 17.5. The van der Waals surface area contributed by atoms with Crippen LogP contribution in [0, 0.1) is 6.92 Å². The van der Waals surface area contributed by atoms with Crippen LogP contribution < -0.4 is 10.6 Å². The number of unbranched alkanes of at least 4 members (excludes halogenated alkanes) is 1. The second-order valence-corrected chi connectivity index (χ2v) is 6.08. The average molecular weight is 345 g/mol. The van der Waals surface area contributed by atoms with Crippen molar-refractivity contribution < 1.29 is 9.59 Å². The maximum absolute atomic E-state index is 12.3. The summed E-state index contributed by atoms with van der Waals surface area (Å²) in [6.07, 6.45) is 2.32. The Kier molecular flexibility index (Phi) is 6.38. The van der Waals surface area contributed by atoms with Gasteiger partial charge in [-0.25, -0.2) is 0 Å². The average Bonchev–Trinajstić information content (AvgIpc) is 2.53. The van der Waals surface area contributed by atoms with Gasteiger partial charge in [-0.05, 0) is 49.2 Å². The molecule has 126 valence electrons. The van der Waals surface area contributed by atoms with Crippen molar-refractivity contribution in [2.24, 2.45) is 0 Å². The van der Waals surface area contributed by atoms with E-state index in [-0.39, 0.29) is 11.8 Å². The van der Waals surface area contributed by atoms with Crippen LogP contribution in [-0.2, 0) is 4.79 Å². The van der Waals surface area contributed by atoms with Crippen molar-refractivity contribution in [3.05, 3.63) is 58.6 Å². The lowest BCUT2D eigenvalue weighted by molar-refractivity contribution is -0.116. The molecule has 0 aliphatic rings. The van der Waals surface area contributed by atoms with Crippen LogP contribution in [0.1, 0.15) is 42.1 Å². The molecule has 2 aromatic carbocycles. The van der Waals surface area contributed by atoms with E-state index in [9.17, 15) is 9.59 Å². The molecule has 0 saturated carbocycles. The molecule has 2 N–H and O–H groups in total. The van der Waals surface area contributed by atoms with Crippen molar-refractivity contribution >= 4 is 34.8 Å². The third-order valence-corrected chi connectivity index (χ3v) is 3.84. The zero-order valence-corrected chi connectivity index (χ0v) is 14.6. The van der Waals surface area contributed by atoms with Crippen LogP contribution in [0.2, 0.25) is 5.02 Å². The number of halogens is 1. The molecule has 0 spiro atoms. The first-order valence-corrected chi connectivity index (χ1v) is 8.35. The molecule has 2 rings (SSSR count). The summed E-state index contributed by atoms with van der Waals surface area (Å²) in [6, 6.07) is 12.3. The van der Waals surface area contributed by atoms with Gasteiger partial charge < -0.3 is 10.6 Å². The van der Waals surface area contributed by atoms with E-state index in [2.05, 4.69) is 10.6 Å². The first-order valence-electron chi connectivity index (χ1n) is 7.97. The van der Waals surface area contributed by atoms with Gasteiger partial charge in [0.25, 0.3) is 5.91 Å². The number of aryl methyl sites for hydroxylation is 1. The molecule has 4 nitrogen and oxygen atoms in total. The summed E-state index contributed by atoms with van der Waals surface area (Å²) >= 11 is 6.12. The lowest BCUT2D eigenvalue weighted by Crippen LogP contribution is -2.14. The predicted molar refractivity (Wildman–Crippen MR) is 98.7 cm³/mol. The van der Waals surface area contributed by atoms with E-state index < -0.39 is 0 Å². The van der Waals surface area contributed by atoms with Gasteiger partial charge in [0, 0.05) is 17.8 Å². The molecule has 24 heavy (non-hydrogen) atoms. The number of anilines is 2. The summed E-state index contributed by atoms with van der Waals surface area (Å²) in [5.74, 6) is -0.309. The Hall–Kier alpha value is -2.33. The van der Waals surface area contributed by atoms with Crippen LogP contribution in [0.3, 0.4) is 0 Å². The molecule has 0 saturated heterocycles. The molecular formula is C19H21ClN2O2. The molecule has 0 aliphatic carbocycles. The van der Waals surface area contributed by atoms with E-state index in [1.54, 1.807) is 36.4 Å². The van der Waals surface area contributed by atoms with Gasteiger partial charge >= 0.3 is 0 Å².